The van der Waals surface area contributed by atoms with Gasteiger partial charge in [0.1, 0.15) is 0 Å². The fraction of sp³-hybridized carbons (Fsp3) is 0.176. The van der Waals surface area contributed by atoms with E-state index in [4.69, 9.17) is 4.74 Å². The summed E-state index contributed by atoms with van der Waals surface area (Å²) in [5.41, 5.74) is 1.15. The molecule has 0 saturated carbocycles. The lowest BCUT2D eigenvalue weighted by molar-refractivity contribution is -0.385. The third kappa shape index (κ3) is 5.31. The number of nitrogens with zero attached hydrogens (tertiary/aromatic N) is 1. The van der Waals surface area contributed by atoms with Gasteiger partial charge in [-0.1, -0.05) is 24.3 Å². The number of amides is 2. The molecule has 0 aliphatic carbocycles. The second kappa shape index (κ2) is 8.44. The first kappa shape index (κ1) is 17.9. The van der Waals surface area contributed by atoms with Crippen molar-refractivity contribution in [3.63, 3.8) is 0 Å². The Kier molecular flexibility index (Phi) is 6.05. The second-order valence-electron chi connectivity index (χ2n) is 5.11. The highest BCUT2D eigenvalue weighted by molar-refractivity contribution is 5.92. The highest BCUT2D eigenvalue weighted by Gasteiger charge is 2.15. The minimum atomic E-state index is -0.571. The number of carbonyl (C=O) groups excluding carboxylic acids is 2. The van der Waals surface area contributed by atoms with Gasteiger partial charge in [-0.3, -0.25) is 19.7 Å². The van der Waals surface area contributed by atoms with E-state index in [1.807, 2.05) is 0 Å². The molecule has 0 saturated heterocycles. The minimum Gasteiger partial charge on any atom is -0.477 e. The molecule has 0 aliphatic rings. The number of likely N-dealkylation sites (N-methyl/N-ethyl adjacent to an activating group) is 1. The van der Waals surface area contributed by atoms with Gasteiger partial charge in [-0.05, 0) is 23.8 Å². The molecular weight excluding hydrogens is 326 g/mol. The standard InChI is InChI=1S/C17H17N3O5/c1-18-16(21)10-12-6-8-13(9-7-12)19-17(22)11-25-15-5-3-2-4-14(15)20(23)24/h2-9H,10-11H2,1H3,(H,18,21)(H,19,22). The fourth-order valence-corrected chi connectivity index (χ4v) is 2.05. The molecule has 0 atom stereocenters. The van der Waals surface area contributed by atoms with Gasteiger partial charge in [0.2, 0.25) is 5.91 Å². The highest BCUT2D eigenvalue weighted by atomic mass is 16.6. The molecule has 0 unspecified atom stereocenters. The Hall–Kier alpha value is -3.42. The summed E-state index contributed by atoms with van der Waals surface area (Å²) in [4.78, 5) is 33.5. The normalized spacial score (nSPS) is 9.96. The van der Waals surface area contributed by atoms with Crippen molar-refractivity contribution in [3.8, 4) is 5.75 Å². The molecule has 8 heteroatoms. The van der Waals surface area contributed by atoms with E-state index in [1.165, 1.54) is 18.2 Å². The number of para-hydroxylation sites is 2. The SMILES string of the molecule is CNC(=O)Cc1ccc(NC(=O)COc2ccccc2[N+](=O)[O-])cc1. The highest BCUT2D eigenvalue weighted by Crippen LogP contribution is 2.25. The van der Waals surface area contributed by atoms with Gasteiger partial charge >= 0.3 is 5.69 Å². The first-order valence-corrected chi connectivity index (χ1v) is 7.45. The number of hydrogen-bond acceptors (Lipinski definition) is 5. The molecule has 0 spiro atoms. The van der Waals surface area contributed by atoms with Gasteiger partial charge in [-0.15, -0.1) is 0 Å². The zero-order valence-electron chi connectivity index (χ0n) is 13.5. The van der Waals surface area contributed by atoms with Crippen LogP contribution in [0.25, 0.3) is 0 Å². The number of benzene rings is 2. The second-order valence-corrected chi connectivity index (χ2v) is 5.11. The van der Waals surface area contributed by atoms with Crippen molar-refractivity contribution >= 4 is 23.2 Å². The van der Waals surface area contributed by atoms with Crippen molar-refractivity contribution in [1.82, 2.24) is 5.32 Å². The van der Waals surface area contributed by atoms with Crippen LogP contribution in [0.2, 0.25) is 0 Å². The monoisotopic (exact) mass is 343 g/mol. The number of nitro groups is 1. The maximum Gasteiger partial charge on any atom is 0.310 e. The molecule has 2 aromatic carbocycles. The molecule has 2 amide bonds. The van der Waals surface area contributed by atoms with E-state index in [2.05, 4.69) is 10.6 Å². The van der Waals surface area contributed by atoms with E-state index in [0.29, 0.717) is 5.69 Å². The van der Waals surface area contributed by atoms with Gasteiger partial charge in [0.05, 0.1) is 11.3 Å². The first-order chi connectivity index (χ1) is 12.0. The predicted octanol–water partition coefficient (Wildman–Crippen LogP) is 1.90. The third-order valence-electron chi connectivity index (χ3n) is 3.30. The summed E-state index contributed by atoms with van der Waals surface area (Å²) in [6.07, 6.45) is 0.255. The van der Waals surface area contributed by atoms with Crippen LogP contribution in [0.3, 0.4) is 0 Å². The van der Waals surface area contributed by atoms with Crippen LogP contribution in [0.5, 0.6) is 5.75 Å². The van der Waals surface area contributed by atoms with Crippen molar-refractivity contribution in [1.29, 1.82) is 0 Å². The van der Waals surface area contributed by atoms with Crippen molar-refractivity contribution in [2.45, 2.75) is 6.42 Å². The summed E-state index contributed by atoms with van der Waals surface area (Å²) < 4.78 is 5.22. The summed E-state index contributed by atoms with van der Waals surface area (Å²) in [5.74, 6) is -0.518. The largest absolute Gasteiger partial charge is 0.477 e. The van der Waals surface area contributed by atoms with Crippen LogP contribution in [0.1, 0.15) is 5.56 Å². The summed E-state index contributed by atoms with van der Waals surface area (Å²) in [6.45, 7) is -0.356. The Balaban J connectivity index is 1.90. The number of anilines is 1. The topological polar surface area (TPSA) is 111 Å². The molecule has 0 aliphatic heterocycles. The summed E-state index contributed by atoms with van der Waals surface area (Å²) in [5, 5.41) is 16.0. The van der Waals surface area contributed by atoms with E-state index in [9.17, 15) is 19.7 Å². The lowest BCUT2D eigenvalue weighted by atomic mass is 10.1. The molecule has 2 aromatic rings. The number of ether oxygens (including phenoxy) is 1. The van der Waals surface area contributed by atoms with Crippen LogP contribution in [-0.2, 0) is 16.0 Å². The Bertz CT molecular complexity index is 774. The van der Waals surface area contributed by atoms with Crippen molar-refractivity contribution in [2.75, 3.05) is 19.0 Å². The third-order valence-corrected chi connectivity index (χ3v) is 3.30. The maximum absolute atomic E-state index is 11.9. The number of rotatable bonds is 7. The number of nitro benzene ring substituents is 1. The number of nitrogens with one attached hydrogen (secondary N) is 2. The molecule has 25 heavy (non-hydrogen) atoms. The molecule has 130 valence electrons. The fourth-order valence-electron chi connectivity index (χ4n) is 2.05. The Morgan fingerprint density at radius 2 is 1.76 bits per heavy atom. The zero-order chi connectivity index (χ0) is 18.2. The van der Waals surface area contributed by atoms with E-state index < -0.39 is 10.8 Å². The van der Waals surface area contributed by atoms with Crippen LogP contribution in [0.4, 0.5) is 11.4 Å². The summed E-state index contributed by atoms with van der Waals surface area (Å²) >= 11 is 0. The molecular formula is C17H17N3O5. The van der Waals surface area contributed by atoms with Gasteiger partial charge in [-0.2, -0.15) is 0 Å². The van der Waals surface area contributed by atoms with Crippen LogP contribution in [-0.4, -0.2) is 30.4 Å². The molecule has 0 radical (unpaired) electrons. The van der Waals surface area contributed by atoms with E-state index in [-0.39, 0.29) is 30.4 Å². The van der Waals surface area contributed by atoms with Crippen LogP contribution >= 0.6 is 0 Å². The molecule has 0 heterocycles. The quantitative estimate of drug-likeness (QED) is 0.589. The molecule has 2 rings (SSSR count). The number of carbonyl (C=O) groups is 2. The van der Waals surface area contributed by atoms with Gasteiger partial charge in [0.15, 0.2) is 12.4 Å². The molecule has 0 fully saturated rings. The molecule has 8 nitrogen and oxygen atoms in total. The van der Waals surface area contributed by atoms with Gasteiger partial charge in [0, 0.05) is 18.8 Å². The Labute approximate surface area is 144 Å². The van der Waals surface area contributed by atoms with Gasteiger partial charge < -0.3 is 15.4 Å². The minimum absolute atomic E-state index is 0.0311. The molecule has 0 bridgehead atoms. The zero-order valence-corrected chi connectivity index (χ0v) is 13.5. The van der Waals surface area contributed by atoms with E-state index in [1.54, 1.807) is 37.4 Å². The van der Waals surface area contributed by atoms with Crippen molar-refractivity contribution in [3.05, 3.63) is 64.2 Å². The van der Waals surface area contributed by atoms with E-state index in [0.717, 1.165) is 5.56 Å². The summed E-state index contributed by atoms with van der Waals surface area (Å²) in [6, 6.07) is 12.6. The van der Waals surface area contributed by atoms with E-state index >= 15 is 0 Å². The van der Waals surface area contributed by atoms with Crippen LogP contribution in [0, 0.1) is 10.1 Å². The van der Waals surface area contributed by atoms with Crippen molar-refractivity contribution in [2.24, 2.45) is 0 Å². The smallest absolute Gasteiger partial charge is 0.310 e. The Morgan fingerprint density at radius 1 is 1.08 bits per heavy atom. The molecule has 2 N–H and O–H groups in total. The Morgan fingerprint density at radius 3 is 2.40 bits per heavy atom. The lowest BCUT2D eigenvalue weighted by Gasteiger charge is -2.08. The predicted molar refractivity (Wildman–Crippen MR) is 91.4 cm³/mol. The first-order valence-electron chi connectivity index (χ1n) is 7.45. The number of hydrogen-bond donors (Lipinski definition) is 2. The maximum atomic E-state index is 11.9. The molecule has 0 aromatic heterocycles. The summed E-state index contributed by atoms with van der Waals surface area (Å²) in [7, 11) is 1.56. The lowest BCUT2D eigenvalue weighted by Crippen LogP contribution is -2.21. The average molecular weight is 343 g/mol. The average Bonchev–Trinajstić information content (AvgIpc) is 2.61. The van der Waals surface area contributed by atoms with Gasteiger partial charge in [-0.25, -0.2) is 0 Å². The van der Waals surface area contributed by atoms with Gasteiger partial charge in [0.25, 0.3) is 5.91 Å². The van der Waals surface area contributed by atoms with Crippen LogP contribution < -0.4 is 15.4 Å². The van der Waals surface area contributed by atoms with Crippen molar-refractivity contribution < 1.29 is 19.2 Å². The van der Waals surface area contributed by atoms with Crippen LogP contribution in [0.15, 0.2) is 48.5 Å².